The van der Waals surface area contributed by atoms with Crippen LogP contribution in [0.2, 0.25) is 0 Å². The molecule has 0 bridgehead atoms. The van der Waals surface area contributed by atoms with Crippen molar-refractivity contribution in [3.05, 3.63) is 35.4 Å². The van der Waals surface area contributed by atoms with Crippen LogP contribution in [0.5, 0.6) is 0 Å². The lowest BCUT2D eigenvalue weighted by Gasteiger charge is -2.23. The highest BCUT2D eigenvalue weighted by atomic mass is 16.4. The number of likely N-dealkylation sites (tertiary alicyclic amines) is 1. The van der Waals surface area contributed by atoms with Crippen molar-refractivity contribution < 1.29 is 14.7 Å². The molecule has 2 N–H and O–H groups in total. The van der Waals surface area contributed by atoms with Gasteiger partial charge in [-0.2, -0.15) is 0 Å². The number of rotatable bonds is 5. The van der Waals surface area contributed by atoms with Gasteiger partial charge in [-0.05, 0) is 38.1 Å². The largest absolute Gasteiger partial charge is 0.478 e. The van der Waals surface area contributed by atoms with Crippen molar-refractivity contribution >= 4 is 11.9 Å². The van der Waals surface area contributed by atoms with Gasteiger partial charge in [-0.15, -0.1) is 0 Å². The first-order valence-electron chi connectivity index (χ1n) is 6.98. The van der Waals surface area contributed by atoms with Crippen LogP contribution >= 0.6 is 0 Å². The fourth-order valence-corrected chi connectivity index (χ4v) is 2.72. The number of nitrogens with one attached hydrogen (secondary N) is 1. The molecule has 1 aliphatic rings. The monoisotopic (exact) mass is 276 g/mol. The molecule has 0 saturated carbocycles. The van der Waals surface area contributed by atoms with Gasteiger partial charge in [0.05, 0.1) is 11.1 Å². The van der Waals surface area contributed by atoms with Crippen molar-refractivity contribution in [1.82, 2.24) is 10.2 Å². The number of carboxylic acids is 1. The van der Waals surface area contributed by atoms with Gasteiger partial charge in [0.25, 0.3) is 5.91 Å². The second kappa shape index (κ2) is 6.52. The van der Waals surface area contributed by atoms with Gasteiger partial charge < -0.3 is 10.4 Å². The molecule has 5 nitrogen and oxygen atoms in total. The minimum atomic E-state index is -1.08. The summed E-state index contributed by atoms with van der Waals surface area (Å²) in [5, 5.41) is 11.9. The van der Waals surface area contributed by atoms with E-state index in [9.17, 15) is 9.59 Å². The molecule has 1 amide bonds. The molecule has 1 aromatic carbocycles. The van der Waals surface area contributed by atoms with Crippen molar-refractivity contribution in [2.75, 3.05) is 19.6 Å². The van der Waals surface area contributed by atoms with Crippen LogP contribution in [-0.4, -0.2) is 47.6 Å². The van der Waals surface area contributed by atoms with E-state index in [1.54, 1.807) is 18.2 Å². The lowest BCUT2D eigenvalue weighted by Crippen LogP contribution is -2.40. The molecule has 1 unspecified atom stereocenters. The Balaban J connectivity index is 2.00. The Morgan fingerprint density at radius 3 is 2.70 bits per heavy atom. The fourth-order valence-electron chi connectivity index (χ4n) is 2.72. The summed E-state index contributed by atoms with van der Waals surface area (Å²) >= 11 is 0. The summed E-state index contributed by atoms with van der Waals surface area (Å²) < 4.78 is 0. The Hall–Kier alpha value is -1.88. The number of carbonyl (C=O) groups is 2. The molecule has 1 aliphatic heterocycles. The summed E-state index contributed by atoms with van der Waals surface area (Å²) in [6.07, 6.45) is 2.23. The van der Waals surface area contributed by atoms with Gasteiger partial charge in [-0.25, -0.2) is 4.79 Å². The van der Waals surface area contributed by atoms with Gasteiger partial charge in [0, 0.05) is 12.6 Å². The molecule has 20 heavy (non-hydrogen) atoms. The highest BCUT2D eigenvalue weighted by Crippen LogP contribution is 2.16. The molecule has 1 aromatic rings. The lowest BCUT2D eigenvalue weighted by molar-refractivity contribution is 0.0690. The summed E-state index contributed by atoms with van der Waals surface area (Å²) in [4.78, 5) is 25.6. The molecule has 0 spiro atoms. The highest BCUT2D eigenvalue weighted by molar-refractivity contribution is 6.04. The first-order chi connectivity index (χ1) is 9.63. The Morgan fingerprint density at radius 1 is 1.35 bits per heavy atom. The van der Waals surface area contributed by atoms with E-state index in [4.69, 9.17) is 5.11 Å². The number of carbonyl (C=O) groups excluding carboxylic acids is 1. The van der Waals surface area contributed by atoms with Crippen LogP contribution in [-0.2, 0) is 0 Å². The van der Waals surface area contributed by atoms with E-state index in [0.717, 1.165) is 25.9 Å². The molecule has 1 atom stereocenters. The number of carboxylic acid groups (broad SMARTS) is 1. The first kappa shape index (κ1) is 14.5. The smallest absolute Gasteiger partial charge is 0.336 e. The normalized spacial score (nSPS) is 18.9. The van der Waals surface area contributed by atoms with Crippen LogP contribution in [0.15, 0.2) is 24.3 Å². The van der Waals surface area contributed by atoms with Crippen molar-refractivity contribution in [3.8, 4) is 0 Å². The predicted octanol–water partition coefficient (Wildman–Crippen LogP) is 1.60. The van der Waals surface area contributed by atoms with E-state index >= 15 is 0 Å². The molecule has 108 valence electrons. The minimum Gasteiger partial charge on any atom is -0.478 e. The van der Waals surface area contributed by atoms with Crippen LogP contribution in [0, 0.1) is 0 Å². The quantitative estimate of drug-likeness (QED) is 0.857. The van der Waals surface area contributed by atoms with Crippen molar-refractivity contribution in [1.29, 1.82) is 0 Å². The topological polar surface area (TPSA) is 69.6 Å². The number of benzene rings is 1. The molecule has 1 fully saturated rings. The number of nitrogens with zero attached hydrogens (tertiary/aromatic N) is 1. The maximum absolute atomic E-state index is 12.1. The SMILES string of the molecule is CCN1CCCC1CNC(=O)c1ccccc1C(=O)O. The average molecular weight is 276 g/mol. The third kappa shape index (κ3) is 3.17. The number of likely N-dealkylation sites (N-methyl/N-ethyl adjacent to an activating group) is 1. The molecule has 2 rings (SSSR count). The third-order valence-corrected chi connectivity index (χ3v) is 3.81. The van der Waals surface area contributed by atoms with Crippen molar-refractivity contribution in [3.63, 3.8) is 0 Å². The fraction of sp³-hybridized carbons (Fsp3) is 0.467. The van der Waals surface area contributed by atoms with E-state index in [0.29, 0.717) is 12.6 Å². The second-order valence-electron chi connectivity index (χ2n) is 4.99. The zero-order valence-corrected chi connectivity index (χ0v) is 11.6. The Bertz CT molecular complexity index is 502. The van der Waals surface area contributed by atoms with Gasteiger partial charge in [0.1, 0.15) is 0 Å². The average Bonchev–Trinajstić information content (AvgIpc) is 2.92. The second-order valence-corrected chi connectivity index (χ2v) is 4.99. The molecular weight excluding hydrogens is 256 g/mol. The van der Waals surface area contributed by atoms with Gasteiger partial charge in [0.2, 0.25) is 0 Å². The van der Waals surface area contributed by atoms with E-state index in [2.05, 4.69) is 17.1 Å². The van der Waals surface area contributed by atoms with E-state index < -0.39 is 5.97 Å². The van der Waals surface area contributed by atoms with Crippen molar-refractivity contribution in [2.24, 2.45) is 0 Å². The maximum atomic E-state index is 12.1. The Morgan fingerprint density at radius 2 is 2.05 bits per heavy atom. The highest BCUT2D eigenvalue weighted by Gasteiger charge is 2.24. The zero-order valence-electron chi connectivity index (χ0n) is 11.6. The number of hydrogen-bond acceptors (Lipinski definition) is 3. The first-order valence-corrected chi connectivity index (χ1v) is 6.98. The zero-order chi connectivity index (χ0) is 14.5. The van der Waals surface area contributed by atoms with E-state index in [1.165, 1.54) is 6.07 Å². The van der Waals surface area contributed by atoms with Crippen molar-refractivity contribution in [2.45, 2.75) is 25.8 Å². The van der Waals surface area contributed by atoms with Gasteiger partial charge in [0.15, 0.2) is 0 Å². The summed E-state index contributed by atoms with van der Waals surface area (Å²) in [6, 6.07) is 6.66. The molecule has 1 saturated heterocycles. The van der Waals surface area contributed by atoms with Crippen LogP contribution in [0.1, 0.15) is 40.5 Å². The maximum Gasteiger partial charge on any atom is 0.336 e. The molecule has 0 aromatic heterocycles. The molecule has 5 heteroatoms. The predicted molar refractivity (Wildman–Crippen MR) is 76.0 cm³/mol. The van der Waals surface area contributed by atoms with Gasteiger partial charge >= 0.3 is 5.97 Å². The summed E-state index contributed by atoms with van der Waals surface area (Å²) in [5.41, 5.74) is 0.268. The Labute approximate surface area is 118 Å². The van der Waals surface area contributed by atoms with Gasteiger partial charge in [-0.1, -0.05) is 19.1 Å². The van der Waals surface area contributed by atoms with Crippen LogP contribution in [0.3, 0.4) is 0 Å². The van der Waals surface area contributed by atoms with E-state index in [-0.39, 0.29) is 17.0 Å². The van der Waals surface area contributed by atoms with Gasteiger partial charge in [-0.3, -0.25) is 9.69 Å². The van der Waals surface area contributed by atoms with E-state index in [1.807, 2.05) is 0 Å². The summed E-state index contributed by atoms with van der Waals surface area (Å²) in [5.74, 6) is -1.39. The van der Waals surface area contributed by atoms with Crippen LogP contribution in [0.25, 0.3) is 0 Å². The molecule has 0 aliphatic carbocycles. The third-order valence-electron chi connectivity index (χ3n) is 3.81. The molecule has 0 radical (unpaired) electrons. The standard InChI is InChI=1S/C15H20N2O3/c1-2-17-9-5-6-11(17)10-16-14(18)12-7-3-4-8-13(12)15(19)20/h3-4,7-8,11H,2,5-6,9-10H2,1H3,(H,16,18)(H,19,20). The number of amides is 1. The molecule has 1 heterocycles. The minimum absolute atomic E-state index is 0.0452. The Kier molecular flexibility index (Phi) is 4.74. The van der Waals surface area contributed by atoms with Crippen LogP contribution < -0.4 is 5.32 Å². The number of aromatic carboxylic acids is 1. The molecular formula is C15H20N2O3. The van der Waals surface area contributed by atoms with Crippen LogP contribution in [0.4, 0.5) is 0 Å². The summed E-state index contributed by atoms with van der Waals surface area (Å²) in [6.45, 7) is 4.73. The lowest BCUT2D eigenvalue weighted by atomic mass is 10.1. The number of hydrogen-bond donors (Lipinski definition) is 2. The summed E-state index contributed by atoms with van der Waals surface area (Å²) in [7, 11) is 0.